The molecule has 2 unspecified atom stereocenters. The Labute approximate surface area is 196 Å². The molecule has 1 aliphatic rings. The van der Waals surface area contributed by atoms with Gasteiger partial charge in [0.05, 0.1) is 18.8 Å². The van der Waals surface area contributed by atoms with Crippen molar-refractivity contribution in [3.05, 3.63) is 71.8 Å². The molecular weight excluding hydrogens is 441 g/mol. The fourth-order valence-corrected chi connectivity index (χ4v) is 4.32. The summed E-state index contributed by atoms with van der Waals surface area (Å²) in [6.07, 6.45) is 7.50. The molecule has 3 aromatic rings. The van der Waals surface area contributed by atoms with Gasteiger partial charge in [0.15, 0.2) is 0 Å². The molecule has 8 heteroatoms. The lowest BCUT2D eigenvalue weighted by Gasteiger charge is -2.20. The molecule has 33 heavy (non-hydrogen) atoms. The van der Waals surface area contributed by atoms with Gasteiger partial charge >= 0.3 is 6.01 Å². The third kappa shape index (κ3) is 6.07. The first-order chi connectivity index (χ1) is 16.0. The van der Waals surface area contributed by atoms with Crippen LogP contribution in [0.25, 0.3) is 0 Å². The van der Waals surface area contributed by atoms with E-state index in [1.54, 1.807) is 30.8 Å². The fourth-order valence-electron chi connectivity index (χ4n) is 3.79. The average Bonchev–Trinajstić information content (AvgIpc) is 3.27. The second-order valence-corrected chi connectivity index (χ2v) is 9.39. The van der Waals surface area contributed by atoms with Crippen molar-refractivity contribution in [1.82, 2.24) is 9.97 Å². The highest BCUT2D eigenvalue weighted by molar-refractivity contribution is 7.84. The van der Waals surface area contributed by atoms with Gasteiger partial charge in [-0.15, -0.1) is 0 Å². The molecule has 2 aromatic carbocycles. The van der Waals surface area contributed by atoms with Crippen LogP contribution in [0.2, 0.25) is 0 Å². The molecule has 1 fully saturated rings. The molecule has 2 atom stereocenters. The summed E-state index contributed by atoms with van der Waals surface area (Å²) in [5, 5.41) is 0. The Morgan fingerprint density at radius 3 is 2.70 bits per heavy atom. The van der Waals surface area contributed by atoms with Gasteiger partial charge in [-0.05, 0) is 47.9 Å². The van der Waals surface area contributed by atoms with E-state index < -0.39 is 10.8 Å². The topological polar surface area (TPSA) is 64.6 Å². The van der Waals surface area contributed by atoms with Gasteiger partial charge in [0.2, 0.25) is 0 Å². The van der Waals surface area contributed by atoms with Crippen LogP contribution in [0, 0.1) is 5.82 Å². The number of ether oxygens (including phenoxy) is 2. The van der Waals surface area contributed by atoms with E-state index >= 15 is 0 Å². The van der Waals surface area contributed by atoms with Crippen molar-refractivity contribution in [1.29, 1.82) is 0 Å². The zero-order valence-electron chi connectivity index (χ0n) is 18.9. The maximum atomic E-state index is 14.5. The average molecular weight is 470 g/mol. The molecule has 0 amide bonds. The molecule has 0 N–H and O–H groups in total. The van der Waals surface area contributed by atoms with E-state index in [2.05, 4.69) is 16.9 Å². The predicted molar refractivity (Wildman–Crippen MR) is 127 cm³/mol. The van der Waals surface area contributed by atoms with Crippen LogP contribution in [0.1, 0.15) is 24.5 Å². The van der Waals surface area contributed by atoms with Gasteiger partial charge in [-0.2, -0.15) is 0 Å². The lowest BCUT2D eigenvalue weighted by atomic mass is 10.1. The number of hydrogen-bond acceptors (Lipinski definition) is 6. The van der Waals surface area contributed by atoms with E-state index in [1.165, 1.54) is 6.07 Å². The normalized spacial score (nSPS) is 16.6. The van der Waals surface area contributed by atoms with E-state index in [0.717, 1.165) is 29.7 Å². The first-order valence-corrected chi connectivity index (χ1v) is 12.6. The van der Waals surface area contributed by atoms with Crippen LogP contribution in [0.15, 0.2) is 59.8 Å². The lowest BCUT2D eigenvalue weighted by Crippen LogP contribution is -2.25. The Hall–Kier alpha value is -3.00. The number of halogens is 1. The quantitative estimate of drug-likeness (QED) is 0.468. The van der Waals surface area contributed by atoms with E-state index in [4.69, 9.17) is 9.47 Å². The van der Waals surface area contributed by atoms with Gasteiger partial charge in [-0.25, -0.2) is 14.4 Å². The molecule has 4 rings (SSSR count). The summed E-state index contributed by atoms with van der Waals surface area (Å²) in [4.78, 5) is 10.9. The van der Waals surface area contributed by atoms with Gasteiger partial charge in [0, 0.05) is 53.7 Å². The molecule has 174 valence electrons. The second kappa shape index (κ2) is 10.7. The summed E-state index contributed by atoms with van der Waals surface area (Å²) in [5.74, 6) is 0.443. The van der Waals surface area contributed by atoms with Crippen molar-refractivity contribution < 1.29 is 18.1 Å². The smallest absolute Gasteiger partial charge is 0.316 e. The highest BCUT2D eigenvalue weighted by atomic mass is 32.2. The minimum atomic E-state index is -1.20. The lowest BCUT2D eigenvalue weighted by molar-refractivity contribution is 0.224. The van der Waals surface area contributed by atoms with Crippen LogP contribution >= 0.6 is 0 Å². The van der Waals surface area contributed by atoms with Crippen LogP contribution < -0.4 is 14.4 Å². The van der Waals surface area contributed by atoms with Crippen LogP contribution in [0.4, 0.5) is 10.1 Å². The predicted octanol–water partition coefficient (Wildman–Crippen LogP) is 4.19. The van der Waals surface area contributed by atoms with Crippen LogP contribution in [-0.2, 0) is 23.6 Å². The van der Waals surface area contributed by atoms with Crippen molar-refractivity contribution in [2.75, 3.05) is 30.9 Å². The number of nitrogens with zero attached hydrogens (tertiary/aromatic N) is 3. The summed E-state index contributed by atoms with van der Waals surface area (Å²) >= 11 is 0. The number of benzene rings is 2. The van der Waals surface area contributed by atoms with E-state index in [-0.39, 0.29) is 11.9 Å². The number of rotatable bonds is 9. The fraction of sp³-hybridized carbons (Fsp3) is 0.360. The first kappa shape index (κ1) is 23.2. The monoisotopic (exact) mass is 469 g/mol. The molecule has 6 nitrogen and oxygen atoms in total. The van der Waals surface area contributed by atoms with Gasteiger partial charge in [-0.3, -0.25) is 4.21 Å². The van der Waals surface area contributed by atoms with Crippen LogP contribution in [0.5, 0.6) is 11.8 Å². The van der Waals surface area contributed by atoms with Gasteiger partial charge in [0.25, 0.3) is 0 Å². The zero-order chi connectivity index (χ0) is 23.2. The number of anilines is 1. The second-order valence-electron chi connectivity index (χ2n) is 8.02. The van der Waals surface area contributed by atoms with E-state index in [1.807, 2.05) is 29.2 Å². The molecular formula is C25H28FN3O3S. The number of hydrogen-bond donors (Lipinski definition) is 0. The highest BCUT2D eigenvalue weighted by Crippen LogP contribution is 2.27. The van der Waals surface area contributed by atoms with Crippen molar-refractivity contribution in [2.45, 2.75) is 37.2 Å². The van der Waals surface area contributed by atoms with E-state index in [0.29, 0.717) is 42.7 Å². The minimum Gasteiger partial charge on any atom is -0.489 e. The van der Waals surface area contributed by atoms with Crippen LogP contribution in [0.3, 0.4) is 0 Å². The molecule has 2 heterocycles. The Bertz CT molecular complexity index is 1110. The van der Waals surface area contributed by atoms with Gasteiger partial charge < -0.3 is 14.4 Å². The molecule has 1 saturated heterocycles. The standard InChI is InChI=1S/C25H28FN3O3S/c1-3-18-15-27-25(28-16-18)31-12-10-19-5-4-6-20(13-19)32-21-9-11-29(17-21)24-8-7-22(33(2)30)14-23(24)26/h4-8,13-16,21H,3,9-12,17H2,1-2H3. The van der Waals surface area contributed by atoms with Crippen LogP contribution in [-0.4, -0.2) is 46.2 Å². The largest absolute Gasteiger partial charge is 0.489 e. The van der Waals surface area contributed by atoms with Crippen molar-refractivity contribution in [3.63, 3.8) is 0 Å². The number of aromatic nitrogens is 2. The minimum absolute atomic E-state index is 0.0265. The zero-order valence-corrected chi connectivity index (χ0v) is 19.7. The summed E-state index contributed by atoms with van der Waals surface area (Å²) in [6, 6.07) is 13.1. The Morgan fingerprint density at radius 2 is 1.97 bits per heavy atom. The molecule has 0 spiro atoms. The summed E-state index contributed by atoms with van der Waals surface area (Å²) in [5.41, 5.74) is 2.70. The van der Waals surface area contributed by atoms with Crippen molar-refractivity contribution in [2.24, 2.45) is 0 Å². The third-order valence-corrected chi connectivity index (χ3v) is 6.57. The first-order valence-electron chi connectivity index (χ1n) is 11.1. The molecule has 1 aliphatic heterocycles. The maximum Gasteiger partial charge on any atom is 0.316 e. The molecule has 1 aromatic heterocycles. The number of aryl methyl sites for hydroxylation is 1. The SMILES string of the molecule is CCc1cnc(OCCc2cccc(OC3CCN(c4ccc(S(C)=O)cc4F)C3)c2)nc1. The molecule has 0 bridgehead atoms. The summed E-state index contributed by atoms with van der Waals surface area (Å²) in [7, 11) is -1.20. The molecule has 0 aliphatic carbocycles. The maximum absolute atomic E-state index is 14.5. The Morgan fingerprint density at radius 1 is 1.15 bits per heavy atom. The summed E-state index contributed by atoms with van der Waals surface area (Å²) in [6.45, 7) is 3.85. The molecule has 0 radical (unpaired) electrons. The third-order valence-electron chi connectivity index (χ3n) is 5.65. The van der Waals surface area contributed by atoms with Gasteiger partial charge in [0.1, 0.15) is 17.7 Å². The summed E-state index contributed by atoms with van der Waals surface area (Å²) < 4.78 is 37.9. The van der Waals surface area contributed by atoms with Gasteiger partial charge in [-0.1, -0.05) is 19.1 Å². The Balaban J connectivity index is 1.30. The van der Waals surface area contributed by atoms with Crippen molar-refractivity contribution in [3.8, 4) is 11.8 Å². The molecule has 0 saturated carbocycles. The van der Waals surface area contributed by atoms with E-state index in [9.17, 15) is 8.60 Å². The highest BCUT2D eigenvalue weighted by Gasteiger charge is 2.26. The van der Waals surface area contributed by atoms with Crippen molar-refractivity contribution >= 4 is 16.5 Å². The Kier molecular flexibility index (Phi) is 7.54.